The second-order valence-corrected chi connectivity index (χ2v) is 12.6. The van der Waals surface area contributed by atoms with Gasteiger partial charge in [-0.05, 0) is 104 Å². The Balaban J connectivity index is 1.64. The molecule has 2 N–H and O–H groups in total. The second kappa shape index (κ2) is 21.1. The Morgan fingerprint density at radius 1 is 0.548 bits per heavy atom. The molecule has 0 aromatic rings. The van der Waals surface area contributed by atoms with E-state index in [1.54, 1.807) is 13.8 Å². The highest BCUT2D eigenvalue weighted by Crippen LogP contribution is 2.27. The zero-order valence-electron chi connectivity index (χ0n) is 26.4. The SMILES string of the molecule is CC(O)CCCCC(=O)OC1CCCCC1OC(=O)CCCCC(C)OC1CCCCC1OC(=O)CCCCC(C)O. The number of carbonyl (C=O) groups is 3. The first-order chi connectivity index (χ1) is 20.1. The molecular formula is C33H58O9. The Bertz CT molecular complexity index is 769. The van der Waals surface area contributed by atoms with E-state index in [0.717, 1.165) is 70.6 Å². The van der Waals surface area contributed by atoms with Crippen molar-refractivity contribution in [1.29, 1.82) is 0 Å². The molecule has 2 rings (SSSR count). The van der Waals surface area contributed by atoms with Crippen LogP contribution in [0.3, 0.4) is 0 Å². The summed E-state index contributed by atoms with van der Waals surface area (Å²) in [5, 5.41) is 18.7. The molecule has 2 fully saturated rings. The van der Waals surface area contributed by atoms with Crippen molar-refractivity contribution in [1.82, 2.24) is 0 Å². The molecule has 2 saturated carbocycles. The summed E-state index contributed by atoms with van der Waals surface area (Å²) in [5.74, 6) is -0.693. The number of esters is 3. The minimum Gasteiger partial charge on any atom is -0.460 e. The topological polar surface area (TPSA) is 129 Å². The maximum atomic E-state index is 12.6. The number of ether oxygens (including phenoxy) is 4. The number of carbonyl (C=O) groups excluding carboxylic acids is 3. The molecule has 2 aliphatic rings. The molecule has 0 heterocycles. The molecule has 0 aliphatic heterocycles. The Morgan fingerprint density at radius 2 is 0.881 bits per heavy atom. The van der Waals surface area contributed by atoms with Crippen LogP contribution in [-0.4, -0.2) is 70.8 Å². The first-order valence-corrected chi connectivity index (χ1v) is 16.7. The highest BCUT2D eigenvalue weighted by Gasteiger charge is 2.32. The van der Waals surface area contributed by atoms with Crippen molar-refractivity contribution in [2.75, 3.05) is 0 Å². The van der Waals surface area contributed by atoms with Crippen molar-refractivity contribution in [3.63, 3.8) is 0 Å². The number of unbranched alkanes of at least 4 members (excludes halogenated alkanes) is 3. The van der Waals surface area contributed by atoms with Gasteiger partial charge in [0.1, 0.15) is 18.3 Å². The Hall–Kier alpha value is -1.71. The van der Waals surface area contributed by atoms with Crippen LogP contribution < -0.4 is 0 Å². The van der Waals surface area contributed by atoms with Crippen molar-refractivity contribution >= 4 is 17.9 Å². The van der Waals surface area contributed by atoms with Crippen molar-refractivity contribution in [2.45, 2.75) is 192 Å². The van der Waals surface area contributed by atoms with Gasteiger partial charge in [0.25, 0.3) is 0 Å². The van der Waals surface area contributed by atoms with Gasteiger partial charge in [0.05, 0.1) is 24.4 Å². The third-order valence-corrected chi connectivity index (χ3v) is 8.29. The van der Waals surface area contributed by atoms with Crippen LogP contribution in [-0.2, 0) is 33.3 Å². The fraction of sp³-hybridized carbons (Fsp3) is 0.909. The molecule has 0 aromatic carbocycles. The molecule has 0 amide bonds. The van der Waals surface area contributed by atoms with Gasteiger partial charge >= 0.3 is 17.9 Å². The van der Waals surface area contributed by atoms with Gasteiger partial charge in [-0.1, -0.05) is 25.7 Å². The molecule has 0 saturated heterocycles. The Morgan fingerprint density at radius 3 is 1.26 bits per heavy atom. The van der Waals surface area contributed by atoms with E-state index in [-0.39, 0.29) is 60.6 Å². The summed E-state index contributed by atoms with van der Waals surface area (Å²) in [4.78, 5) is 37.2. The lowest BCUT2D eigenvalue weighted by Gasteiger charge is -2.33. The lowest BCUT2D eigenvalue weighted by molar-refractivity contribution is -0.171. The van der Waals surface area contributed by atoms with Crippen LogP contribution in [0, 0.1) is 0 Å². The minimum atomic E-state index is -0.376. The predicted octanol–water partition coefficient (Wildman–Crippen LogP) is 6.09. The van der Waals surface area contributed by atoms with E-state index < -0.39 is 0 Å². The average Bonchev–Trinajstić information content (AvgIpc) is 2.93. The van der Waals surface area contributed by atoms with Crippen molar-refractivity contribution in [3.8, 4) is 0 Å². The predicted molar refractivity (Wildman–Crippen MR) is 160 cm³/mol. The van der Waals surface area contributed by atoms with Crippen LogP contribution in [0.1, 0.15) is 149 Å². The van der Waals surface area contributed by atoms with E-state index in [0.29, 0.717) is 57.8 Å². The van der Waals surface area contributed by atoms with Gasteiger partial charge in [-0.2, -0.15) is 0 Å². The summed E-state index contributed by atoms with van der Waals surface area (Å²) < 4.78 is 23.5. The quantitative estimate of drug-likeness (QED) is 0.0972. The summed E-state index contributed by atoms with van der Waals surface area (Å²) >= 11 is 0. The lowest BCUT2D eigenvalue weighted by Crippen LogP contribution is -2.38. The molecule has 2 aliphatic carbocycles. The van der Waals surface area contributed by atoms with E-state index >= 15 is 0 Å². The van der Waals surface area contributed by atoms with Crippen LogP contribution in [0.5, 0.6) is 0 Å². The van der Waals surface area contributed by atoms with Crippen LogP contribution in [0.4, 0.5) is 0 Å². The van der Waals surface area contributed by atoms with Gasteiger partial charge in [0, 0.05) is 19.3 Å². The van der Waals surface area contributed by atoms with Crippen LogP contribution in [0.25, 0.3) is 0 Å². The summed E-state index contributed by atoms with van der Waals surface area (Å²) in [6.07, 6.45) is 13.1. The maximum absolute atomic E-state index is 12.6. The van der Waals surface area contributed by atoms with Crippen molar-refractivity contribution in [2.24, 2.45) is 0 Å². The second-order valence-electron chi connectivity index (χ2n) is 12.6. The molecule has 0 radical (unpaired) electrons. The molecule has 244 valence electrons. The smallest absolute Gasteiger partial charge is 0.306 e. The standard InChI is InChI=1S/C33H58O9/c1-24(34)14-4-11-21-31(36)40-28-18-8-7-17-27(28)39-26(3)16-6-13-23-33(38)42-30-20-10-9-19-29(30)41-32(37)22-12-5-15-25(2)35/h24-30,34-35H,4-23H2,1-3H3. The number of hydrogen-bond acceptors (Lipinski definition) is 9. The van der Waals surface area contributed by atoms with Crippen LogP contribution in [0.15, 0.2) is 0 Å². The Kier molecular flexibility index (Phi) is 18.3. The maximum Gasteiger partial charge on any atom is 0.306 e. The third-order valence-electron chi connectivity index (χ3n) is 8.29. The van der Waals surface area contributed by atoms with E-state index in [1.165, 1.54) is 0 Å². The number of aliphatic hydroxyl groups is 2. The van der Waals surface area contributed by atoms with Crippen LogP contribution >= 0.6 is 0 Å². The number of rotatable bonds is 20. The fourth-order valence-electron chi connectivity index (χ4n) is 5.85. The van der Waals surface area contributed by atoms with Crippen LogP contribution in [0.2, 0.25) is 0 Å². The van der Waals surface area contributed by atoms with Gasteiger partial charge < -0.3 is 29.2 Å². The molecule has 0 bridgehead atoms. The average molecular weight is 599 g/mol. The highest BCUT2D eigenvalue weighted by molar-refractivity contribution is 5.70. The lowest BCUT2D eigenvalue weighted by atomic mass is 9.94. The zero-order chi connectivity index (χ0) is 30.7. The summed E-state index contributed by atoms with van der Waals surface area (Å²) in [6.45, 7) is 5.54. The van der Waals surface area contributed by atoms with E-state index in [4.69, 9.17) is 18.9 Å². The highest BCUT2D eigenvalue weighted by atomic mass is 16.6. The van der Waals surface area contributed by atoms with E-state index in [9.17, 15) is 24.6 Å². The molecule has 7 unspecified atom stereocenters. The monoisotopic (exact) mass is 598 g/mol. The summed E-state index contributed by atoms with van der Waals surface area (Å²) in [5.41, 5.74) is 0. The van der Waals surface area contributed by atoms with Gasteiger partial charge in [-0.15, -0.1) is 0 Å². The zero-order valence-corrected chi connectivity index (χ0v) is 26.4. The van der Waals surface area contributed by atoms with Gasteiger partial charge in [-0.25, -0.2) is 0 Å². The summed E-state index contributed by atoms with van der Waals surface area (Å²) in [7, 11) is 0. The van der Waals surface area contributed by atoms with Crippen molar-refractivity contribution in [3.05, 3.63) is 0 Å². The minimum absolute atomic E-state index is 0.000841. The third kappa shape index (κ3) is 16.2. The van der Waals surface area contributed by atoms with Gasteiger partial charge in [-0.3, -0.25) is 14.4 Å². The van der Waals surface area contributed by atoms with Gasteiger partial charge in [0.2, 0.25) is 0 Å². The Labute approximate surface area is 253 Å². The normalized spacial score (nSPS) is 24.8. The molecule has 9 nitrogen and oxygen atoms in total. The fourth-order valence-corrected chi connectivity index (χ4v) is 5.85. The molecule has 9 heteroatoms. The first kappa shape index (κ1) is 36.5. The molecule has 0 spiro atoms. The molecule has 7 atom stereocenters. The van der Waals surface area contributed by atoms with E-state index in [2.05, 4.69) is 0 Å². The number of aliphatic hydroxyl groups excluding tert-OH is 2. The first-order valence-electron chi connectivity index (χ1n) is 16.7. The molecular weight excluding hydrogens is 540 g/mol. The van der Waals surface area contributed by atoms with E-state index in [1.807, 2.05) is 6.92 Å². The van der Waals surface area contributed by atoms with Gasteiger partial charge in [0.15, 0.2) is 0 Å². The van der Waals surface area contributed by atoms with Crippen molar-refractivity contribution < 1.29 is 43.5 Å². The molecule has 0 aromatic heterocycles. The number of hydrogen-bond donors (Lipinski definition) is 2. The summed E-state index contributed by atoms with van der Waals surface area (Å²) in [6, 6.07) is 0. The molecule has 42 heavy (non-hydrogen) atoms. The largest absolute Gasteiger partial charge is 0.460 e.